The number of amides is 6. The fraction of sp³-hybridized carbons (Fsp3) is 0.828. The maximum absolute atomic E-state index is 13.0. The molecule has 6 amide bonds. The van der Waals surface area contributed by atoms with E-state index in [2.05, 4.69) is 36.6 Å². The number of ether oxygens (including phenoxy) is 7. The van der Waals surface area contributed by atoms with Gasteiger partial charge in [-0.05, 0) is 181 Å². The van der Waals surface area contributed by atoms with E-state index in [9.17, 15) is 63.3 Å². The lowest BCUT2D eigenvalue weighted by molar-refractivity contribution is -0.157. The van der Waals surface area contributed by atoms with Gasteiger partial charge in [0.15, 0.2) is 0 Å². The molecule has 0 aliphatic carbocycles. The van der Waals surface area contributed by atoms with Gasteiger partial charge in [-0.2, -0.15) is 0 Å². The van der Waals surface area contributed by atoms with Crippen LogP contribution in [0.15, 0.2) is 0 Å². The normalized spacial score (nSPS) is 14.4. The van der Waals surface area contributed by atoms with E-state index in [0.717, 1.165) is 0 Å². The van der Waals surface area contributed by atoms with Gasteiger partial charge < -0.3 is 103 Å². The Hall–Kier alpha value is -6.34. The Bertz CT molecular complexity index is 2100. The second-order valence-electron chi connectivity index (χ2n) is 25.8. The second-order valence-corrected chi connectivity index (χ2v) is 25.8. The maximum atomic E-state index is 13.0. The summed E-state index contributed by atoms with van der Waals surface area (Å²) in [6.07, 6.45) is -1.38. The number of hydrogen-bond donors (Lipinski definition) is 13. The molecule has 0 spiro atoms. The van der Waals surface area contributed by atoms with Crippen LogP contribution in [0.3, 0.4) is 0 Å². The largest absolute Gasteiger partial charge is 0.480 e. The second kappa shape index (κ2) is 43.4. The van der Waals surface area contributed by atoms with Crippen LogP contribution in [0.2, 0.25) is 0 Å². The van der Waals surface area contributed by atoms with E-state index in [1.165, 1.54) is 14.2 Å². The number of carbonyl (C=O) groups excluding carboxylic acids is 9. The molecule has 0 aromatic carbocycles. The van der Waals surface area contributed by atoms with Gasteiger partial charge in [0.1, 0.15) is 46.1 Å². The van der Waals surface area contributed by atoms with Crippen molar-refractivity contribution in [2.24, 2.45) is 23.1 Å². The molecule has 0 aliphatic heterocycles. The number of nitrogens with one attached hydrogen (secondary N) is 6. The highest BCUT2D eigenvalue weighted by molar-refractivity contribution is 5.84. The Kier molecular flexibility index (Phi) is 42.3. The number of esters is 3. The number of carboxylic acids is 1. The quantitative estimate of drug-likeness (QED) is 0.0255. The van der Waals surface area contributed by atoms with Crippen LogP contribution in [0.4, 0.5) is 19.2 Å². The lowest BCUT2D eigenvalue weighted by atomic mass is 9.96. The molecule has 0 heterocycles. The Morgan fingerprint density at radius 1 is 0.420 bits per heavy atom. The molecule has 0 bridgehead atoms. The lowest BCUT2D eigenvalue weighted by Gasteiger charge is -2.23. The summed E-state index contributed by atoms with van der Waals surface area (Å²) in [7, 11) is 2.52. The molecule has 30 heteroatoms. The number of nitrogens with two attached hydrogens (primary N) is 3. The highest BCUT2D eigenvalue weighted by atomic mass is 16.6. The van der Waals surface area contributed by atoms with Crippen molar-refractivity contribution in [2.75, 3.05) is 46.9 Å². The van der Waals surface area contributed by atoms with Gasteiger partial charge >= 0.3 is 48.3 Å². The molecule has 0 aliphatic rings. The average Bonchev–Trinajstić information content (AvgIpc) is 3.61. The number of aliphatic hydroxyl groups is 3. The molecule has 0 aromatic rings. The maximum Gasteiger partial charge on any atom is 0.408 e. The smallest absolute Gasteiger partial charge is 0.408 e. The Morgan fingerprint density at radius 3 is 1.22 bits per heavy atom. The monoisotopic (exact) mass is 1270 g/mol. The highest BCUT2D eigenvalue weighted by Gasteiger charge is 2.29. The number of unbranched alkanes of at least 4 members (excludes halogenated alkanes) is 2. The van der Waals surface area contributed by atoms with Crippen molar-refractivity contribution in [1.82, 2.24) is 31.9 Å². The molecule has 0 radical (unpaired) electrons. The van der Waals surface area contributed by atoms with Crippen molar-refractivity contribution < 1.29 is 102 Å². The molecule has 0 fully saturated rings. The van der Waals surface area contributed by atoms with E-state index in [4.69, 9.17) is 50.7 Å². The van der Waals surface area contributed by atoms with E-state index in [0.29, 0.717) is 51.5 Å². The van der Waals surface area contributed by atoms with Crippen LogP contribution >= 0.6 is 0 Å². The zero-order valence-electron chi connectivity index (χ0n) is 55.3. The fourth-order valence-electron chi connectivity index (χ4n) is 7.00. The first-order valence-electron chi connectivity index (χ1n) is 29.6. The number of aliphatic hydroxyl groups excluding tert-OH is 3. The standard InChI is InChI=1S/C29H53N3O10.C16H30N2O7.C13H28N4O4/c1-27(2,3)40-22(34)17-19(14-15-20(33)18-31-25(37)41-28(4,5)6)23(35)30-16-12-11-13-21(24(36)39-10)32-26(38)42-29(7,8)9;1-15(2,3)24-13(22)17-9-10(19)7-8-11(12(20)21)18-14(23)25-16(4,5)6;1-21-13(20)11(16)4-2-3-7-17-12(19)10(15)6-5-9(18)8-14/h19-21,33H,11-18H2,1-10H3,(H,30,35)(H,31,37)(H,32,38);10-11,19H,7-9H2,1-6H3,(H,17,22)(H,18,23)(H,20,21);9-11,18H,2-8,14-16H2,1H3,(H,17,19)/t19?,20?,21-;;9?,10?,11-/m0.0/s1. The number of rotatable bonds is 33. The van der Waals surface area contributed by atoms with E-state index < -0.39 is 125 Å². The number of methoxy groups -OCH3 is 2. The third-order valence-corrected chi connectivity index (χ3v) is 11.2. The van der Waals surface area contributed by atoms with Gasteiger partial charge in [0, 0.05) is 38.6 Å². The lowest BCUT2D eigenvalue weighted by Crippen LogP contribution is -2.44. The molecule has 30 nitrogen and oxygen atoms in total. The van der Waals surface area contributed by atoms with Crippen molar-refractivity contribution in [3.8, 4) is 0 Å². The minimum atomic E-state index is -1.24. The van der Waals surface area contributed by atoms with E-state index in [-0.39, 0.29) is 76.5 Å². The first-order valence-corrected chi connectivity index (χ1v) is 29.6. The zero-order chi connectivity index (χ0) is 68.8. The molecule has 8 atom stereocenters. The summed E-state index contributed by atoms with van der Waals surface area (Å²) in [5.74, 6) is -4.23. The van der Waals surface area contributed by atoms with Crippen molar-refractivity contribution >= 4 is 60.1 Å². The van der Waals surface area contributed by atoms with Gasteiger partial charge in [-0.1, -0.05) is 0 Å². The first kappa shape index (κ1) is 85.9. The van der Waals surface area contributed by atoms with Crippen LogP contribution in [-0.4, -0.2) is 198 Å². The Balaban J connectivity index is -0.00000134. The van der Waals surface area contributed by atoms with Gasteiger partial charge in [-0.25, -0.2) is 28.8 Å². The SMILES string of the molecule is CC(C)(C)OC(=O)NCC(O)CCC(NC(=O)OC(C)(C)C)C(=O)O.COC(=O)[C@@H](N)CCCCNC(=O)C(N)CCC(O)CN.COC(=O)[C@H](CCCCNC(=O)C(CCC(O)CNC(=O)OC(C)(C)C)CC(=O)OC(C)(C)C)NC(=O)OC(C)(C)C. The van der Waals surface area contributed by atoms with Gasteiger partial charge in [0.2, 0.25) is 11.8 Å². The molecule has 514 valence electrons. The van der Waals surface area contributed by atoms with Crippen molar-refractivity contribution in [3.63, 3.8) is 0 Å². The minimum absolute atomic E-state index is 0.0221. The number of alkyl carbamates (subject to hydrolysis) is 4. The molecule has 0 saturated heterocycles. The summed E-state index contributed by atoms with van der Waals surface area (Å²) in [5.41, 5.74) is 13.0. The third-order valence-electron chi connectivity index (χ3n) is 11.2. The van der Waals surface area contributed by atoms with Gasteiger partial charge in [0.05, 0.1) is 45.0 Å². The average molecular weight is 1270 g/mol. The first-order chi connectivity index (χ1) is 40.2. The Labute approximate surface area is 519 Å². The molecule has 6 unspecified atom stereocenters. The third kappa shape index (κ3) is 51.7. The summed E-state index contributed by atoms with van der Waals surface area (Å²) in [6, 6.07) is -3.38. The Morgan fingerprint density at radius 2 is 0.807 bits per heavy atom. The number of carbonyl (C=O) groups is 10. The fourth-order valence-corrected chi connectivity index (χ4v) is 7.00. The number of carboxylic acid groups (broad SMARTS) is 1. The van der Waals surface area contributed by atoms with Gasteiger partial charge in [-0.15, -0.1) is 0 Å². The van der Waals surface area contributed by atoms with Gasteiger partial charge in [0.25, 0.3) is 0 Å². The van der Waals surface area contributed by atoms with E-state index >= 15 is 0 Å². The predicted molar refractivity (Wildman–Crippen MR) is 325 cm³/mol. The van der Waals surface area contributed by atoms with E-state index in [1.54, 1.807) is 104 Å². The molecule has 0 rings (SSSR count). The van der Waals surface area contributed by atoms with Crippen LogP contribution in [0, 0.1) is 5.92 Å². The van der Waals surface area contributed by atoms with E-state index in [1.807, 2.05) is 0 Å². The van der Waals surface area contributed by atoms with Crippen molar-refractivity contribution in [2.45, 2.75) is 258 Å². The molecule has 0 aromatic heterocycles. The molecular formula is C58H111N9O21. The summed E-state index contributed by atoms with van der Waals surface area (Å²) in [6.45, 7) is 26.3. The van der Waals surface area contributed by atoms with Crippen LogP contribution in [0.5, 0.6) is 0 Å². The molecule has 0 saturated carbocycles. The topological polar surface area (TPSA) is 466 Å². The van der Waals surface area contributed by atoms with Crippen LogP contribution in [0.25, 0.3) is 0 Å². The number of hydrogen-bond acceptors (Lipinski definition) is 23. The minimum Gasteiger partial charge on any atom is -0.480 e. The summed E-state index contributed by atoms with van der Waals surface area (Å²) < 4.78 is 35.0. The number of aliphatic carboxylic acids is 1. The zero-order valence-corrected chi connectivity index (χ0v) is 55.3. The summed E-state index contributed by atoms with van der Waals surface area (Å²) in [5, 5.41) is 53.7. The molecule has 16 N–H and O–H groups in total. The predicted octanol–water partition coefficient (Wildman–Crippen LogP) is 3.18. The summed E-state index contributed by atoms with van der Waals surface area (Å²) in [4.78, 5) is 118. The van der Waals surface area contributed by atoms with Crippen molar-refractivity contribution in [3.05, 3.63) is 0 Å². The molecule has 88 heavy (non-hydrogen) atoms. The van der Waals surface area contributed by atoms with Crippen molar-refractivity contribution in [1.29, 1.82) is 0 Å². The summed E-state index contributed by atoms with van der Waals surface area (Å²) >= 11 is 0. The van der Waals surface area contributed by atoms with Crippen LogP contribution in [-0.2, 0) is 61.9 Å². The molecular weight excluding hydrogens is 1160 g/mol. The van der Waals surface area contributed by atoms with Crippen LogP contribution in [0.1, 0.15) is 187 Å². The van der Waals surface area contributed by atoms with Gasteiger partial charge in [-0.3, -0.25) is 19.2 Å². The highest BCUT2D eigenvalue weighted by Crippen LogP contribution is 2.19. The van der Waals surface area contributed by atoms with Crippen LogP contribution < -0.4 is 49.1 Å².